The summed E-state index contributed by atoms with van der Waals surface area (Å²) in [6.07, 6.45) is 2.20. The van der Waals surface area contributed by atoms with E-state index in [4.69, 9.17) is 9.47 Å². The molecule has 1 aromatic carbocycles. The molecule has 1 saturated carbocycles. The van der Waals surface area contributed by atoms with E-state index in [1.54, 1.807) is 24.3 Å². The maximum Gasteiger partial charge on any atom is 0.339 e. The maximum atomic E-state index is 12.5. The van der Waals surface area contributed by atoms with Gasteiger partial charge in [-0.3, -0.25) is 9.36 Å². The number of hydrogen-bond donors (Lipinski definition) is 1. The molecule has 1 N–H and O–H groups in total. The first-order chi connectivity index (χ1) is 14.2. The molecule has 1 amide bonds. The van der Waals surface area contributed by atoms with Crippen molar-refractivity contribution < 1.29 is 19.1 Å². The number of ether oxygens (including phenoxy) is 2. The fraction of sp³-hybridized carbons (Fsp3) is 0.474. The molecule has 0 spiro atoms. The molecule has 9 nitrogen and oxygen atoms in total. The summed E-state index contributed by atoms with van der Waals surface area (Å²) >= 11 is 1.35. The molecule has 154 valence electrons. The number of amides is 1. The van der Waals surface area contributed by atoms with E-state index in [2.05, 4.69) is 25.0 Å². The second kappa shape index (κ2) is 8.83. The molecule has 1 aliphatic heterocycles. The van der Waals surface area contributed by atoms with Crippen molar-refractivity contribution in [3.63, 3.8) is 0 Å². The monoisotopic (exact) mass is 417 g/mol. The van der Waals surface area contributed by atoms with Crippen LogP contribution in [0.2, 0.25) is 0 Å². The van der Waals surface area contributed by atoms with E-state index in [1.165, 1.54) is 18.9 Å². The quantitative estimate of drug-likeness (QED) is 0.539. The number of nitrogens with zero attached hydrogens (tertiary/aromatic N) is 4. The molecule has 1 aromatic heterocycles. The summed E-state index contributed by atoms with van der Waals surface area (Å²) < 4.78 is 12.3. The van der Waals surface area contributed by atoms with E-state index in [0.29, 0.717) is 30.5 Å². The predicted molar refractivity (Wildman–Crippen MR) is 108 cm³/mol. The van der Waals surface area contributed by atoms with Crippen LogP contribution in [-0.2, 0) is 14.3 Å². The Morgan fingerprint density at radius 1 is 1.24 bits per heavy atom. The lowest BCUT2D eigenvalue weighted by Gasteiger charge is -2.27. The summed E-state index contributed by atoms with van der Waals surface area (Å²) in [5, 5.41) is 12.2. The van der Waals surface area contributed by atoms with Crippen molar-refractivity contribution in [2.75, 3.05) is 49.4 Å². The van der Waals surface area contributed by atoms with Crippen molar-refractivity contribution in [1.29, 1.82) is 0 Å². The minimum atomic E-state index is -0.489. The SMILES string of the molecule is COC(=O)c1ccccc1NC(=O)CSc1nnc(N2CCOCC2)n1C1CC1. The molecule has 10 heteroatoms. The Morgan fingerprint density at radius 3 is 2.72 bits per heavy atom. The number of aromatic nitrogens is 3. The topological polar surface area (TPSA) is 98.6 Å². The average molecular weight is 417 g/mol. The summed E-state index contributed by atoms with van der Waals surface area (Å²) in [5.74, 6) is 0.320. The van der Waals surface area contributed by atoms with Crippen LogP contribution in [0.3, 0.4) is 0 Å². The standard InChI is InChI=1S/C19H23N5O4S/c1-27-17(26)14-4-2-3-5-15(14)20-16(25)12-29-19-22-21-18(24(19)13-6-7-13)23-8-10-28-11-9-23/h2-5,13H,6-12H2,1H3,(H,20,25). The Bertz CT molecular complexity index is 892. The third-order valence-electron chi connectivity index (χ3n) is 4.79. The van der Waals surface area contributed by atoms with Crippen molar-refractivity contribution in [1.82, 2.24) is 14.8 Å². The van der Waals surface area contributed by atoms with Crippen molar-refractivity contribution in [3.05, 3.63) is 29.8 Å². The lowest BCUT2D eigenvalue weighted by Crippen LogP contribution is -2.38. The Kier molecular flexibility index (Phi) is 6.00. The highest BCUT2D eigenvalue weighted by Gasteiger charge is 2.32. The maximum absolute atomic E-state index is 12.5. The number of methoxy groups -OCH3 is 1. The molecule has 2 aliphatic rings. The first-order valence-corrected chi connectivity index (χ1v) is 10.5. The van der Waals surface area contributed by atoms with Gasteiger partial charge in [-0.1, -0.05) is 23.9 Å². The van der Waals surface area contributed by atoms with Crippen molar-refractivity contribution in [2.45, 2.75) is 24.0 Å². The van der Waals surface area contributed by atoms with Gasteiger partial charge in [0.15, 0.2) is 5.16 Å². The van der Waals surface area contributed by atoms with E-state index in [9.17, 15) is 9.59 Å². The lowest BCUT2D eigenvalue weighted by atomic mass is 10.2. The zero-order valence-corrected chi connectivity index (χ0v) is 17.0. The highest BCUT2D eigenvalue weighted by atomic mass is 32.2. The molecule has 2 heterocycles. The van der Waals surface area contributed by atoms with Crippen molar-refractivity contribution in [3.8, 4) is 0 Å². The van der Waals surface area contributed by atoms with Gasteiger partial charge >= 0.3 is 5.97 Å². The Hall–Kier alpha value is -2.59. The summed E-state index contributed by atoms with van der Waals surface area (Å²) in [4.78, 5) is 26.5. The van der Waals surface area contributed by atoms with Crippen LogP contribution in [0.5, 0.6) is 0 Å². The van der Waals surface area contributed by atoms with E-state index in [-0.39, 0.29) is 11.7 Å². The van der Waals surface area contributed by atoms with E-state index < -0.39 is 5.97 Å². The van der Waals surface area contributed by atoms with Crippen molar-refractivity contribution in [2.24, 2.45) is 0 Å². The molecular formula is C19H23N5O4S. The predicted octanol–water partition coefficient (Wildman–Crippen LogP) is 1.97. The number of morpholine rings is 1. The van der Waals surface area contributed by atoms with Crippen LogP contribution in [0.15, 0.2) is 29.4 Å². The highest BCUT2D eigenvalue weighted by molar-refractivity contribution is 7.99. The number of hydrogen-bond acceptors (Lipinski definition) is 8. The molecule has 0 radical (unpaired) electrons. The number of carbonyl (C=O) groups is 2. The van der Waals surface area contributed by atoms with Gasteiger partial charge in [-0.05, 0) is 25.0 Å². The number of thioether (sulfide) groups is 1. The zero-order valence-electron chi connectivity index (χ0n) is 16.2. The summed E-state index contributed by atoms with van der Waals surface area (Å²) in [6.45, 7) is 2.95. The van der Waals surface area contributed by atoms with Crippen LogP contribution in [0.25, 0.3) is 0 Å². The molecule has 29 heavy (non-hydrogen) atoms. The lowest BCUT2D eigenvalue weighted by molar-refractivity contribution is -0.113. The van der Waals surface area contributed by atoms with Gasteiger partial charge in [-0.15, -0.1) is 10.2 Å². The van der Waals surface area contributed by atoms with E-state index in [1.807, 2.05) is 0 Å². The molecule has 4 rings (SSSR count). The summed E-state index contributed by atoms with van der Waals surface area (Å²) in [7, 11) is 1.31. The van der Waals surface area contributed by atoms with Crippen LogP contribution in [0.4, 0.5) is 11.6 Å². The number of carbonyl (C=O) groups excluding carboxylic acids is 2. The van der Waals surface area contributed by atoms with Crippen LogP contribution in [-0.4, -0.2) is 65.8 Å². The molecule has 1 aliphatic carbocycles. The largest absolute Gasteiger partial charge is 0.465 e. The molecule has 1 saturated heterocycles. The van der Waals surface area contributed by atoms with Gasteiger partial charge in [0.25, 0.3) is 0 Å². The second-order valence-corrected chi connectivity index (χ2v) is 7.80. The minimum absolute atomic E-state index is 0.170. The van der Waals surface area contributed by atoms with Gasteiger partial charge in [0.05, 0.1) is 37.3 Å². The number of rotatable bonds is 7. The van der Waals surface area contributed by atoms with Crippen molar-refractivity contribution >= 4 is 35.3 Å². The smallest absolute Gasteiger partial charge is 0.339 e. The minimum Gasteiger partial charge on any atom is -0.465 e. The van der Waals surface area contributed by atoms with Crippen LogP contribution < -0.4 is 10.2 Å². The van der Waals surface area contributed by atoms with Gasteiger partial charge < -0.3 is 19.7 Å². The van der Waals surface area contributed by atoms with Crippen LogP contribution >= 0.6 is 11.8 Å². The third-order valence-corrected chi connectivity index (χ3v) is 5.73. The van der Waals surface area contributed by atoms with E-state index in [0.717, 1.165) is 37.0 Å². The molecular weight excluding hydrogens is 394 g/mol. The fourth-order valence-electron chi connectivity index (χ4n) is 3.20. The number of para-hydroxylation sites is 1. The second-order valence-electron chi connectivity index (χ2n) is 6.86. The molecule has 2 fully saturated rings. The Labute approximate surface area is 172 Å². The first kappa shape index (κ1) is 19.7. The van der Waals surface area contributed by atoms with Gasteiger partial charge in [0.2, 0.25) is 11.9 Å². The molecule has 0 bridgehead atoms. The van der Waals surface area contributed by atoms with Gasteiger partial charge in [0, 0.05) is 19.1 Å². The number of nitrogens with one attached hydrogen (secondary N) is 1. The molecule has 0 unspecified atom stereocenters. The van der Waals surface area contributed by atoms with Gasteiger partial charge in [-0.2, -0.15) is 0 Å². The van der Waals surface area contributed by atoms with Crippen LogP contribution in [0, 0.1) is 0 Å². The normalized spacial score (nSPS) is 16.5. The first-order valence-electron chi connectivity index (χ1n) is 9.55. The highest BCUT2D eigenvalue weighted by Crippen LogP contribution is 2.41. The van der Waals surface area contributed by atoms with Crippen LogP contribution in [0.1, 0.15) is 29.2 Å². The van der Waals surface area contributed by atoms with Gasteiger partial charge in [-0.25, -0.2) is 4.79 Å². The van der Waals surface area contributed by atoms with Gasteiger partial charge in [0.1, 0.15) is 0 Å². The average Bonchev–Trinajstić information content (AvgIpc) is 3.51. The summed E-state index contributed by atoms with van der Waals surface area (Å²) in [5.41, 5.74) is 0.756. The number of benzene rings is 1. The Balaban J connectivity index is 1.42. The molecule has 0 atom stereocenters. The molecule has 2 aromatic rings. The third kappa shape index (κ3) is 4.54. The Morgan fingerprint density at radius 2 is 2.00 bits per heavy atom. The summed E-state index contributed by atoms with van der Waals surface area (Å²) in [6, 6.07) is 7.17. The number of esters is 1. The van der Waals surface area contributed by atoms with E-state index >= 15 is 0 Å². The zero-order chi connectivity index (χ0) is 20.2. The fourth-order valence-corrected chi connectivity index (χ4v) is 4.00. The number of anilines is 2.